The fourth-order valence-electron chi connectivity index (χ4n) is 2.88. The highest BCUT2D eigenvalue weighted by molar-refractivity contribution is 5.92. The molecule has 1 unspecified atom stereocenters. The second-order valence-corrected chi connectivity index (χ2v) is 5.77. The van der Waals surface area contributed by atoms with Crippen LogP contribution in [0.15, 0.2) is 18.2 Å². The van der Waals surface area contributed by atoms with Crippen molar-refractivity contribution < 1.29 is 14.7 Å². The zero-order valence-electron chi connectivity index (χ0n) is 12.5. The SMILES string of the molecule is Cc1cc(C(=O)O)ccc1NC(=O)NC(C)C1CCCC1. The molecule has 0 aliphatic heterocycles. The van der Waals surface area contributed by atoms with Crippen molar-refractivity contribution in [1.82, 2.24) is 5.32 Å². The van der Waals surface area contributed by atoms with E-state index in [1.54, 1.807) is 19.1 Å². The Morgan fingerprint density at radius 1 is 1.29 bits per heavy atom. The molecule has 114 valence electrons. The van der Waals surface area contributed by atoms with Crippen molar-refractivity contribution in [2.45, 2.75) is 45.6 Å². The molecule has 0 aromatic heterocycles. The number of anilines is 1. The predicted octanol–water partition coefficient (Wildman–Crippen LogP) is 3.39. The summed E-state index contributed by atoms with van der Waals surface area (Å²) in [6.07, 6.45) is 4.84. The van der Waals surface area contributed by atoms with Gasteiger partial charge in [0.2, 0.25) is 0 Å². The molecule has 1 aliphatic rings. The van der Waals surface area contributed by atoms with Crippen LogP contribution in [0, 0.1) is 12.8 Å². The molecule has 0 heterocycles. The number of urea groups is 1. The minimum atomic E-state index is -0.969. The second kappa shape index (κ2) is 6.61. The summed E-state index contributed by atoms with van der Waals surface area (Å²) in [6.45, 7) is 3.82. The maximum atomic E-state index is 12.0. The molecule has 1 aliphatic carbocycles. The van der Waals surface area contributed by atoms with Gasteiger partial charge in [0.25, 0.3) is 0 Å². The summed E-state index contributed by atoms with van der Waals surface area (Å²) >= 11 is 0. The van der Waals surface area contributed by atoms with Gasteiger partial charge in [0.1, 0.15) is 0 Å². The number of aryl methyl sites for hydroxylation is 1. The number of carbonyl (C=O) groups is 2. The summed E-state index contributed by atoms with van der Waals surface area (Å²) in [7, 11) is 0. The molecule has 2 amide bonds. The van der Waals surface area contributed by atoms with Crippen LogP contribution in [0.5, 0.6) is 0 Å². The first kappa shape index (κ1) is 15.4. The fraction of sp³-hybridized carbons (Fsp3) is 0.500. The average molecular weight is 290 g/mol. The number of hydrogen-bond acceptors (Lipinski definition) is 2. The highest BCUT2D eigenvalue weighted by atomic mass is 16.4. The Bertz CT molecular complexity index is 536. The van der Waals surface area contributed by atoms with Gasteiger partial charge in [-0.05, 0) is 56.4 Å². The van der Waals surface area contributed by atoms with Gasteiger partial charge in [0.15, 0.2) is 0 Å². The summed E-state index contributed by atoms with van der Waals surface area (Å²) in [6, 6.07) is 4.59. The van der Waals surface area contributed by atoms with Gasteiger partial charge in [0.05, 0.1) is 5.56 Å². The van der Waals surface area contributed by atoms with Gasteiger partial charge >= 0.3 is 12.0 Å². The zero-order valence-corrected chi connectivity index (χ0v) is 12.5. The van der Waals surface area contributed by atoms with Gasteiger partial charge in [-0.3, -0.25) is 0 Å². The van der Waals surface area contributed by atoms with Gasteiger partial charge in [-0.25, -0.2) is 9.59 Å². The second-order valence-electron chi connectivity index (χ2n) is 5.77. The average Bonchev–Trinajstić information content (AvgIpc) is 2.94. The molecule has 1 aromatic carbocycles. The third kappa shape index (κ3) is 3.97. The lowest BCUT2D eigenvalue weighted by molar-refractivity contribution is 0.0697. The lowest BCUT2D eigenvalue weighted by Gasteiger charge is -2.21. The quantitative estimate of drug-likeness (QED) is 0.795. The largest absolute Gasteiger partial charge is 0.478 e. The van der Waals surface area contributed by atoms with Crippen molar-refractivity contribution in [3.05, 3.63) is 29.3 Å². The summed E-state index contributed by atoms with van der Waals surface area (Å²) in [5, 5.41) is 14.7. The predicted molar refractivity (Wildman–Crippen MR) is 81.7 cm³/mol. The Labute approximate surface area is 124 Å². The molecular formula is C16H22N2O3. The molecule has 2 rings (SSSR count). The van der Waals surface area contributed by atoms with Crippen LogP contribution in [-0.4, -0.2) is 23.1 Å². The topological polar surface area (TPSA) is 78.4 Å². The first-order valence-corrected chi connectivity index (χ1v) is 7.39. The summed E-state index contributed by atoms with van der Waals surface area (Å²) in [5.74, 6) is -0.407. The minimum absolute atomic E-state index is 0.158. The minimum Gasteiger partial charge on any atom is -0.478 e. The van der Waals surface area contributed by atoms with Gasteiger partial charge < -0.3 is 15.7 Å². The molecule has 0 saturated heterocycles. The van der Waals surface area contributed by atoms with E-state index < -0.39 is 5.97 Å². The standard InChI is InChI=1S/C16H22N2O3/c1-10-9-13(15(19)20)7-8-14(10)18-16(21)17-11(2)12-5-3-4-6-12/h7-9,11-12H,3-6H2,1-2H3,(H,19,20)(H2,17,18,21). The van der Waals surface area contributed by atoms with Crippen LogP contribution in [0.4, 0.5) is 10.5 Å². The van der Waals surface area contributed by atoms with Crippen molar-refractivity contribution in [3.8, 4) is 0 Å². The lowest BCUT2D eigenvalue weighted by Crippen LogP contribution is -2.40. The lowest BCUT2D eigenvalue weighted by atomic mass is 10.0. The van der Waals surface area contributed by atoms with Crippen molar-refractivity contribution >= 4 is 17.7 Å². The molecule has 1 aromatic rings. The first-order chi connectivity index (χ1) is 9.97. The fourth-order valence-corrected chi connectivity index (χ4v) is 2.88. The zero-order chi connectivity index (χ0) is 15.4. The highest BCUT2D eigenvalue weighted by Gasteiger charge is 2.22. The van der Waals surface area contributed by atoms with E-state index in [-0.39, 0.29) is 17.6 Å². The van der Waals surface area contributed by atoms with Gasteiger partial charge in [-0.2, -0.15) is 0 Å². The van der Waals surface area contributed by atoms with E-state index in [4.69, 9.17) is 5.11 Å². The molecule has 1 atom stereocenters. The third-order valence-electron chi connectivity index (χ3n) is 4.19. The first-order valence-electron chi connectivity index (χ1n) is 7.39. The molecular weight excluding hydrogens is 268 g/mol. The van der Waals surface area contributed by atoms with Crippen molar-refractivity contribution in [2.24, 2.45) is 5.92 Å². The molecule has 1 saturated carbocycles. The van der Waals surface area contributed by atoms with Crippen LogP contribution in [-0.2, 0) is 0 Å². The number of aromatic carboxylic acids is 1. The maximum absolute atomic E-state index is 12.0. The maximum Gasteiger partial charge on any atom is 0.335 e. The van der Waals surface area contributed by atoms with E-state index in [1.807, 2.05) is 6.92 Å². The number of carboxylic acid groups (broad SMARTS) is 1. The Hall–Kier alpha value is -2.04. The Kier molecular flexibility index (Phi) is 4.83. The van der Waals surface area contributed by atoms with Crippen LogP contribution in [0.2, 0.25) is 0 Å². The number of rotatable bonds is 4. The van der Waals surface area contributed by atoms with Crippen molar-refractivity contribution in [2.75, 3.05) is 5.32 Å². The van der Waals surface area contributed by atoms with Crippen LogP contribution in [0.1, 0.15) is 48.5 Å². The van der Waals surface area contributed by atoms with E-state index in [9.17, 15) is 9.59 Å². The normalized spacial score (nSPS) is 16.5. The van der Waals surface area contributed by atoms with Gasteiger partial charge in [0, 0.05) is 11.7 Å². The number of carboxylic acids is 1. The number of amides is 2. The van der Waals surface area contributed by atoms with E-state index in [0.717, 1.165) is 5.56 Å². The van der Waals surface area contributed by atoms with Gasteiger partial charge in [-0.15, -0.1) is 0 Å². The smallest absolute Gasteiger partial charge is 0.335 e. The third-order valence-corrected chi connectivity index (χ3v) is 4.19. The molecule has 5 heteroatoms. The summed E-state index contributed by atoms with van der Waals surface area (Å²) in [5.41, 5.74) is 1.59. The van der Waals surface area contributed by atoms with Crippen LogP contribution >= 0.6 is 0 Å². The van der Waals surface area contributed by atoms with E-state index in [2.05, 4.69) is 10.6 Å². The Morgan fingerprint density at radius 3 is 2.52 bits per heavy atom. The van der Waals surface area contributed by atoms with Crippen molar-refractivity contribution in [1.29, 1.82) is 0 Å². The monoisotopic (exact) mass is 290 g/mol. The molecule has 3 N–H and O–H groups in total. The molecule has 5 nitrogen and oxygen atoms in total. The van der Waals surface area contributed by atoms with E-state index >= 15 is 0 Å². The molecule has 21 heavy (non-hydrogen) atoms. The van der Waals surface area contributed by atoms with E-state index in [0.29, 0.717) is 11.6 Å². The van der Waals surface area contributed by atoms with Crippen LogP contribution in [0.3, 0.4) is 0 Å². The molecule has 0 bridgehead atoms. The van der Waals surface area contributed by atoms with E-state index in [1.165, 1.54) is 31.7 Å². The molecule has 0 spiro atoms. The van der Waals surface area contributed by atoms with Crippen LogP contribution < -0.4 is 10.6 Å². The van der Waals surface area contributed by atoms with Gasteiger partial charge in [-0.1, -0.05) is 12.8 Å². The van der Waals surface area contributed by atoms with Crippen molar-refractivity contribution in [3.63, 3.8) is 0 Å². The van der Waals surface area contributed by atoms with Crippen LogP contribution in [0.25, 0.3) is 0 Å². The molecule has 1 fully saturated rings. The number of nitrogens with one attached hydrogen (secondary N) is 2. The Balaban J connectivity index is 1.94. The summed E-state index contributed by atoms with van der Waals surface area (Å²) in [4.78, 5) is 22.9. The number of hydrogen-bond donors (Lipinski definition) is 3. The Morgan fingerprint density at radius 2 is 1.95 bits per heavy atom. The number of carbonyl (C=O) groups excluding carboxylic acids is 1. The molecule has 0 radical (unpaired) electrons. The number of benzene rings is 1. The highest BCUT2D eigenvalue weighted by Crippen LogP contribution is 2.27. The summed E-state index contributed by atoms with van der Waals surface area (Å²) < 4.78 is 0.